The second-order valence-corrected chi connectivity index (χ2v) is 5.96. The van der Waals surface area contributed by atoms with E-state index in [1.807, 2.05) is 6.07 Å². The lowest BCUT2D eigenvalue weighted by molar-refractivity contribution is 0.0921. The first-order valence-electron chi connectivity index (χ1n) is 7.33. The van der Waals surface area contributed by atoms with Crippen molar-refractivity contribution >= 4 is 27.8 Å². The Labute approximate surface area is 137 Å². The third kappa shape index (κ3) is 3.65. The first kappa shape index (κ1) is 15.0. The molecule has 0 aromatic carbocycles. The molecule has 0 saturated carbocycles. The van der Waals surface area contributed by atoms with Crippen molar-refractivity contribution in [2.75, 3.05) is 18.0 Å². The third-order valence-corrected chi connectivity index (χ3v) is 3.99. The van der Waals surface area contributed by atoms with Gasteiger partial charge in [-0.25, -0.2) is 9.97 Å². The molecule has 1 amide bonds. The summed E-state index contributed by atoms with van der Waals surface area (Å²) in [5.41, 5.74) is 0.787. The highest BCUT2D eigenvalue weighted by Gasteiger charge is 2.14. The van der Waals surface area contributed by atoms with E-state index in [4.69, 9.17) is 4.42 Å². The van der Waals surface area contributed by atoms with E-state index in [-0.39, 0.29) is 11.7 Å². The second-order valence-electron chi connectivity index (χ2n) is 5.18. The van der Waals surface area contributed by atoms with Crippen LogP contribution in [0.3, 0.4) is 0 Å². The summed E-state index contributed by atoms with van der Waals surface area (Å²) in [5.74, 6) is 0.758. The van der Waals surface area contributed by atoms with Crippen LogP contribution in [0, 0.1) is 0 Å². The number of halogens is 1. The zero-order valence-corrected chi connectivity index (χ0v) is 13.7. The highest BCUT2D eigenvalue weighted by atomic mass is 79.9. The predicted octanol–water partition coefficient (Wildman–Crippen LogP) is 2.75. The average molecular weight is 365 g/mol. The van der Waals surface area contributed by atoms with Gasteiger partial charge in [0.1, 0.15) is 0 Å². The molecule has 1 aliphatic heterocycles. The van der Waals surface area contributed by atoms with E-state index in [9.17, 15) is 4.79 Å². The van der Waals surface area contributed by atoms with Crippen molar-refractivity contribution < 1.29 is 9.21 Å². The molecule has 0 radical (unpaired) electrons. The maximum absolute atomic E-state index is 11.9. The Balaban J connectivity index is 1.61. The molecule has 3 heterocycles. The molecular formula is C15H17BrN4O2. The minimum absolute atomic E-state index is 0.260. The molecule has 22 heavy (non-hydrogen) atoms. The van der Waals surface area contributed by atoms with E-state index >= 15 is 0 Å². The highest BCUT2D eigenvalue weighted by Crippen LogP contribution is 2.16. The molecule has 2 aromatic heterocycles. The summed E-state index contributed by atoms with van der Waals surface area (Å²) in [6.45, 7) is 2.34. The van der Waals surface area contributed by atoms with Crippen LogP contribution in [-0.4, -0.2) is 29.0 Å². The van der Waals surface area contributed by atoms with Crippen molar-refractivity contribution in [3.8, 4) is 0 Å². The fourth-order valence-corrected chi connectivity index (χ4v) is 2.73. The Morgan fingerprint density at radius 3 is 2.82 bits per heavy atom. The quantitative estimate of drug-likeness (QED) is 0.902. The molecule has 0 bridgehead atoms. The van der Waals surface area contributed by atoms with Crippen LogP contribution in [-0.2, 0) is 6.54 Å². The number of rotatable bonds is 4. The first-order valence-corrected chi connectivity index (χ1v) is 8.12. The minimum atomic E-state index is -0.260. The average Bonchev–Trinajstić information content (AvgIpc) is 3.00. The maximum atomic E-state index is 11.9. The topological polar surface area (TPSA) is 71.3 Å². The van der Waals surface area contributed by atoms with Crippen molar-refractivity contribution in [1.82, 2.24) is 15.3 Å². The molecule has 1 N–H and O–H groups in total. The monoisotopic (exact) mass is 364 g/mol. The number of anilines is 1. The van der Waals surface area contributed by atoms with Gasteiger partial charge in [0.25, 0.3) is 5.91 Å². The van der Waals surface area contributed by atoms with Crippen molar-refractivity contribution in [3.05, 3.63) is 40.5 Å². The third-order valence-electron chi connectivity index (χ3n) is 3.57. The summed E-state index contributed by atoms with van der Waals surface area (Å²) in [6, 6.07) is 5.12. The summed E-state index contributed by atoms with van der Waals surface area (Å²) in [4.78, 5) is 23.0. The number of aromatic nitrogens is 2. The van der Waals surface area contributed by atoms with Gasteiger partial charge in [-0.1, -0.05) is 0 Å². The first-order chi connectivity index (χ1) is 10.7. The summed E-state index contributed by atoms with van der Waals surface area (Å²) in [6.07, 6.45) is 5.36. The van der Waals surface area contributed by atoms with Crippen molar-refractivity contribution in [2.45, 2.75) is 25.8 Å². The second kappa shape index (κ2) is 6.91. The molecule has 0 unspecified atom stereocenters. The summed E-state index contributed by atoms with van der Waals surface area (Å²) in [5, 5.41) is 2.80. The summed E-state index contributed by atoms with van der Waals surface area (Å²) >= 11 is 3.18. The van der Waals surface area contributed by atoms with Gasteiger partial charge in [0.15, 0.2) is 10.4 Å². The van der Waals surface area contributed by atoms with Gasteiger partial charge in [-0.15, -0.1) is 0 Å². The normalized spacial score (nSPS) is 14.9. The predicted molar refractivity (Wildman–Crippen MR) is 85.7 cm³/mol. The van der Waals surface area contributed by atoms with Gasteiger partial charge in [-0.05, 0) is 53.4 Å². The van der Waals surface area contributed by atoms with E-state index in [0.717, 1.165) is 24.7 Å². The maximum Gasteiger partial charge on any atom is 0.287 e. The fourth-order valence-electron chi connectivity index (χ4n) is 2.42. The molecule has 2 aromatic rings. The van der Waals surface area contributed by atoms with Crippen LogP contribution in [0.2, 0.25) is 0 Å². The standard InChI is InChI=1S/C15H17BrN4O2/c16-13-5-4-12(22-13)14(21)18-10-11-6-7-17-15(19-11)20-8-2-1-3-9-20/h4-7H,1-3,8-10H2,(H,18,21). The number of hydrogen-bond donors (Lipinski definition) is 1. The Bertz CT molecular complexity index is 652. The van der Waals surface area contributed by atoms with E-state index in [0.29, 0.717) is 11.2 Å². The minimum Gasteiger partial charge on any atom is -0.444 e. The molecule has 3 rings (SSSR count). The van der Waals surface area contributed by atoms with Crippen molar-refractivity contribution in [3.63, 3.8) is 0 Å². The Kier molecular flexibility index (Phi) is 4.72. The van der Waals surface area contributed by atoms with Crippen molar-refractivity contribution in [1.29, 1.82) is 0 Å². The molecule has 0 spiro atoms. The lowest BCUT2D eigenvalue weighted by atomic mass is 10.1. The SMILES string of the molecule is O=C(NCc1ccnc(N2CCCCC2)n1)c1ccc(Br)o1. The lowest BCUT2D eigenvalue weighted by Gasteiger charge is -2.26. The summed E-state index contributed by atoms with van der Waals surface area (Å²) in [7, 11) is 0. The van der Waals surface area contributed by atoms with Crippen molar-refractivity contribution in [2.24, 2.45) is 0 Å². The van der Waals surface area contributed by atoms with Gasteiger partial charge in [-0.2, -0.15) is 0 Å². The molecule has 1 saturated heterocycles. The highest BCUT2D eigenvalue weighted by molar-refractivity contribution is 9.10. The molecule has 7 heteroatoms. The van der Waals surface area contributed by atoms with Gasteiger partial charge in [0, 0.05) is 19.3 Å². The van der Waals surface area contributed by atoms with E-state index in [2.05, 4.69) is 36.1 Å². The summed E-state index contributed by atoms with van der Waals surface area (Å²) < 4.78 is 5.75. The molecule has 0 aliphatic carbocycles. The van der Waals surface area contributed by atoms with E-state index in [1.54, 1.807) is 18.3 Å². The van der Waals surface area contributed by atoms with Crippen LogP contribution < -0.4 is 10.2 Å². The molecule has 6 nitrogen and oxygen atoms in total. The van der Waals surface area contributed by atoms with Gasteiger partial charge < -0.3 is 14.6 Å². The van der Waals surface area contributed by atoms with E-state index < -0.39 is 0 Å². The fraction of sp³-hybridized carbons (Fsp3) is 0.400. The molecule has 1 fully saturated rings. The molecule has 116 valence electrons. The zero-order valence-electron chi connectivity index (χ0n) is 12.1. The number of furan rings is 1. The lowest BCUT2D eigenvalue weighted by Crippen LogP contribution is -2.31. The van der Waals surface area contributed by atoms with E-state index in [1.165, 1.54) is 19.3 Å². The van der Waals surface area contributed by atoms with Crippen LogP contribution in [0.5, 0.6) is 0 Å². The Morgan fingerprint density at radius 1 is 1.27 bits per heavy atom. The number of hydrogen-bond acceptors (Lipinski definition) is 5. The van der Waals surface area contributed by atoms with Gasteiger partial charge >= 0.3 is 0 Å². The number of carbonyl (C=O) groups is 1. The molecule has 1 aliphatic rings. The van der Waals surface area contributed by atoms with Gasteiger partial charge in [0.05, 0.1) is 12.2 Å². The number of carbonyl (C=O) groups excluding carboxylic acids is 1. The van der Waals surface area contributed by atoms with Crippen LogP contribution in [0.4, 0.5) is 5.95 Å². The zero-order chi connectivity index (χ0) is 15.4. The van der Waals surface area contributed by atoms with Gasteiger partial charge in [0.2, 0.25) is 5.95 Å². The Hall–Kier alpha value is -1.89. The number of nitrogens with one attached hydrogen (secondary N) is 1. The van der Waals surface area contributed by atoms with Crippen LogP contribution in [0.15, 0.2) is 33.5 Å². The number of amides is 1. The smallest absolute Gasteiger partial charge is 0.287 e. The number of nitrogens with zero attached hydrogens (tertiary/aromatic N) is 3. The number of piperidine rings is 1. The van der Waals surface area contributed by atoms with Crippen LogP contribution in [0.1, 0.15) is 35.5 Å². The molecule has 0 atom stereocenters. The Morgan fingerprint density at radius 2 is 2.09 bits per heavy atom. The molecular weight excluding hydrogens is 348 g/mol. The van der Waals surface area contributed by atoms with Crippen LogP contribution in [0.25, 0.3) is 0 Å². The van der Waals surface area contributed by atoms with Gasteiger partial charge in [-0.3, -0.25) is 4.79 Å². The van der Waals surface area contributed by atoms with Crippen LogP contribution >= 0.6 is 15.9 Å². The largest absolute Gasteiger partial charge is 0.444 e.